The number of hydrazone groups is 1. The zero-order valence-corrected chi connectivity index (χ0v) is 16.8. The number of nitrogens with one attached hydrogen (secondary N) is 2. The molecule has 11 heteroatoms. The van der Waals surface area contributed by atoms with E-state index in [9.17, 15) is 8.42 Å². The lowest BCUT2D eigenvalue weighted by Gasteiger charge is -2.11. The molecule has 2 aliphatic heterocycles. The normalized spacial score (nSPS) is 25.0. The van der Waals surface area contributed by atoms with E-state index in [0.717, 1.165) is 19.4 Å². The van der Waals surface area contributed by atoms with Crippen molar-refractivity contribution in [3.05, 3.63) is 16.4 Å². The molecule has 2 atom stereocenters. The lowest BCUT2D eigenvalue weighted by molar-refractivity contribution is 0.114. The summed E-state index contributed by atoms with van der Waals surface area (Å²) < 4.78 is 30.4. The molecule has 0 amide bonds. The molecule has 2 saturated heterocycles. The number of hydrogen-bond acceptors (Lipinski definition) is 6. The van der Waals surface area contributed by atoms with Gasteiger partial charge in [0.15, 0.2) is 14.9 Å². The number of ether oxygens (including phenoxy) is 1. The summed E-state index contributed by atoms with van der Waals surface area (Å²) in [4.78, 5) is 0. The van der Waals surface area contributed by atoms with Gasteiger partial charge in [-0.2, -0.15) is 10.2 Å². The van der Waals surface area contributed by atoms with Crippen LogP contribution in [0.2, 0.25) is 5.15 Å². The first kappa shape index (κ1) is 19.5. The number of thiocarbonyl (C=S) groups is 1. The van der Waals surface area contributed by atoms with E-state index in [1.807, 2.05) is 0 Å². The molecule has 2 aliphatic rings. The van der Waals surface area contributed by atoms with Crippen LogP contribution >= 0.6 is 23.8 Å². The average molecular weight is 420 g/mol. The summed E-state index contributed by atoms with van der Waals surface area (Å²) in [6.45, 7) is 3.26. The van der Waals surface area contributed by atoms with Gasteiger partial charge in [-0.3, -0.25) is 5.43 Å². The minimum absolute atomic E-state index is 0.0694. The predicted molar refractivity (Wildman–Crippen MR) is 105 cm³/mol. The van der Waals surface area contributed by atoms with Crippen LogP contribution in [-0.2, 0) is 14.6 Å². The molecule has 2 N–H and O–H groups in total. The van der Waals surface area contributed by atoms with Gasteiger partial charge in [0.2, 0.25) is 0 Å². The van der Waals surface area contributed by atoms with E-state index in [0.29, 0.717) is 34.5 Å². The molecule has 1 aromatic rings. The quantitative estimate of drug-likeness (QED) is 0.420. The van der Waals surface area contributed by atoms with Gasteiger partial charge in [0.1, 0.15) is 5.15 Å². The number of nitrogens with zero attached hydrogens (tertiary/aromatic N) is 3. The molecule has 3 rings (SSSR count). The smallest absolute Gasteiger partial charge is 0.187 e. The fourth-order valence-electron chi connectivity index (χ4n) is 3.10. The van der Waals surface area contributed by atoms with Crippen LogP contribution < -0.4 is 10.7 Å². The fraction of sp³-hybridized carbons (Fsp3) is 0.667. The Balaban J connectivity index is 1.57. The van der Waals surface area contributed by atoms with E-state index in [1.54, 1.807) is 17.8 Å². The Labute approximate surface area is 163 Å². The molecule has 0 radical (unpaired) electrons. The SMILES string of the molecule is Cc1nn([C@H]2CCS(=O)(=O)C2)c(Cl)c1/C=N\NC(=S)NC[C@H]1CCCO1. The van der Waals surface area contributed by atoms with Crippen LogP contribution in [-0.4, -0.2) is 60.3 Å². The third-order valence-electron chi connectivity index (χ3n) is 4.50. The number of rotatable bonds is 5. The van der Waals surface area contributed by atoms with Crippen LogP contribution in [0.1, 0.15) is 36.6 Å². The highest BCUT2D eigenvalue weighted by Crippen LogP contribution is 2.29. The number of sulfone groups is 1. The van der Waals surface area contributed by atoms with Crippen LogP contribution in [0.15, 0.2) is 5.10 Å². The highest BCUT2D eigenvalue weighted by molar-refractivity contribution is 7.91. The van der Waals surface area contributed by atoms with Gasteiger partial charge >= 0.3 is 0 Å². The monoisotopic (exact) mass is 419 g/mol. The molecule has 0 spiro atoms. The summed E-state index contributed by atoms with van der Waals surface area (Å²) in [5.74, 6) is 0.239. The van der Waals surface area contributed by atoms with Crippen molar-refractivity contribution >= 4 is 45.0 Å². The summed E-state index contributed by atoms with van der Waals surface area (Å²) in [6.07, 6.45) is 4.37. The molecule has 0 unspecified atom stereocenters. The van der Waals surface area contributed by atoms with Crippen LogP contribution in [0.4, 0.5) is 0 Å². The lowest BCUT2D eigenvalue weighted by atomic mass is 10.2. The second-order valence-corrected chi connectivity index (χ2v) is 9.50. The van der Waals surface area contributed by atoms with Gasteiger partial charge in [-0.1, -0.05) is 11.6 Å². The van der Waals surface area contributed by atoms with E-state index in [1.165, 1.54) is 0 Å². The fourth-order valence-corrected chi connectivity index (χ4v) is 5.29. The molecule has 2 fully saturated rings. The Morgan fingerprint density at radius 2 is 2.35 bits per heavy atom. The Morgan fingerprint density at radius 1 is 1.54 bits per heavy atom. The Hall–Kier alpha value is -1.23. The molecule has 0 aliphatic carbocycles. The Bertz CT molecular complexity index is 802. The molecule has 26 heavy (non-hydrogen) atoms. The summed E-state index contributed by atoms with van der Waals surface area (Å²) in [6, 6.07) is -0.226. The van der Waals surface area contributed by atoms with Gasteiger partial charge in [-0.05, 0) is 38.4 Å². The maximum absolute atomic E-state index is 11.7. The molecule has 1 aromatic heterocycles. The first-order chi connectivity index (χ1) is 12.4. The Morgan fingerprint density at radius 3 is 3.00 bits per heavy atom. The number of halogens is 1. The van der Waals surface area contributed by atoms with Crippen LogP contribution in [0.3, 0.4) is 0 Å². The second kappa shape index (κ2) is 8.20. The van der Waals surface area contributed by atoms with Crippen LogP contribution in [0.25, 0.3) is 0 Å². The van der Waals surface area contributed by atoms with E-state index >= 15 is 0 Å². The predicted octanol–water partition coefficient (Wildman–Crippen LogP) is 1.18. The first-order valence-electron chi connectivity index (χ1n) is 8.49. The van der Waals surface area contributed by atoms with E-state index < -0.39 is 9.84 Å². The van der Waals surface area contributed by atoms with Gasteiger partial charge in [-0.25, -0.2) is 13.1 Å². The van der Waals surface area contributed by atoms with Gasteiger partial charge in [0, 0.05) is 13.2 Å². The molecular weight excluding hydrogens is 398 g/mol. The summed E-state index contributed by atoms with van der Waals surface area (Å²) in [5, 5.41) is 12.3. The van der Waals surface area contributed by atoms with Crippen molar-refractivity contribution in [1.82, 2.24) is 20.5 Å². The largest absolute Gasteiger partial charge is 0.376 e. The lowest BCUT2D eigenvalue weighted by Crippen LogP contribution is -2.37. The van der Waals surface area contributed by atoms with Crippen molar-refractivity contribution in [3.63, 3.8) is 0 Å². The van der Waals surface area contributed by atoms with Crippen molar-refractivity contribution in [2.24, 2.45) is 5.10 Å². The third kappa shape index (κ3) is 4.73. The van der Waals surface area contributed by atoms with Gasteiger partial charge in [-0.15, -0.1) is 0 Å². The van der Waals surface area contributed by atoms with Crippen molar-refractivity contribution in [2.45, 2.75) is 38.3 Å². The molecule has 144 valence electrons. The highest BCUT2D eigenvalue weighted by Gasteiger charge is 2.31. The number of aryl methyl sites for hydroxylation is 1. The topological polar surface area (TPSA) is 97.6 Å². The van der Waals surface area contributed by atoms with Crippen molar-refractivity contribution in [3.8, 4) is 0 Å². The van der Waals surface area contributed by atoms with E-state index in [4.69, 9.17) is 28.6 Å². The van der Waals surface area contributed by atoms with Crippen molar-refractivity contribution in [2.75, 3.05) is 24.7 Å². The molecule has 0 saturated carbocycles. The summed E-state index contributed by atoms with van der Waals surface area (Å²) >= 11 is 11.6. The molecule has 0 bridgehead atoms. The van der Waals surface area contributed by atoms with Crippen LogP contribution in [0, 0.1) is 6.92 Å². The van der Waals surface area contributed by atoms with E-state index in [2.05, 4.69) is 20.9 Å². The molecular formula is C15H22ClN5O3S2. The summed E-state index contributed by atoms with van der Waals surface area (Å²) in [5.41, 5.74) is 4.07. The van der Waals surface area contributed by atoms with Crippen molar-refractivity contribution < 1.29 is 13.2 Å². The van der Waals surface area contributed by atoms with Crippen LogP contribution in [0.5, 0.6) is 0 Å². The molecule has 0 aromatic carbocycles. The van der Waals surface area contributed by atoms with Gasteiger partial charge in [0.25, 0.3) is 0 Å². The van der Waals surface area contributed by atoms with Crippen molar-refractivity contribution in [1.29, 1.82) is 0 Å². The molecule has 8 nitrogen and oxygen atoms in total. The minimum Gasteiger partial charge on any atom is -0.376 e. The molecule has 3 heterocycles. The second-order valence-electron chi connectivity index (χ2n) is 6.51. The first-order valence-corrected chi connectivity index (χ1v) is 11.1. The zero-order valence-electron chi connectivity index (χ0n) is 14.4. The zero-order chi connectivity index (χ0) is 18.7. The average Bonchev–Trinajstić information content (AvgIpc) is 3.28. The highest BCUT2D eigenvalue weighted by atomic mass is 35.5. The number of hydrogen-bond donors (Lipinski definition) is 2. The standard InChI is InChI=1S/C15H22ClN5O3S2/c1-10-13(8-18-19-15(25)17-7-12-3-2-5-24-12)14(16)21(20-10)11-4-6-26(22,23)9-11/h8,11-12H,2-7,9H2,1H3,(H2,17,19,25)/b18-8-/t11-,12+/m0/s1. The van der Waals surface area contributed by atoms with E-state index in [-0.39, 0.29) is 23.7 Å². The maximum Gasteiger partial charge on any atom is 0.187 e. The van der Waals surface area contributed by atoms with Gasteiger partial charge in [0.05, 0.1) is 41.1 Å². The third-order valence-corrected chi connectivity index (χ3v) is 6.86. The Kier molecular flexibility index (Phi) is 6.16. The minimum atomic E-state index is -3.01. The number of aromatic nitrogens is 2. The van der Waals surface area contributed by atoms with Gasteiger partial charge < -0.3 is 10.1 Å². The summed E-state index contributed by atoms with van der Waals surface area (Å²) in [7, 11) is -3.01. The maximum atomic E-state index is 11.7.